The standard InChI is InChI=1S/C25H41N5O11/c1-12(2)11-16(25(40)41)28-21(36)15(7-9-19(34)35)27-23(38)20(13(3)31)29-22(37)17-5-4-10-30(17)24(39)14(26)6-8-18(32)33/h12-17,20,31H,4-11,26H2,1-3H3,(H,27,38)(H,28,36)(H,29,37)(H,32,33)(H,34,35)(H,40,41)/t13-,14+,15+,16-,17+,20+/m0/s1. The molecule has 1 saturated heterocycles. The SMILES string of the molecule is CC(C)C[C@H](NC(=O)[C@@H](CCC(=O)O)NC(=O)[C@H](NC(=O)[C@H]1CCCN1C(=O)[C@H](N)CCC(=O)O)[C@H](C)O)C(=O)O. The van der Waals surface area contributed by atoms with E-state index in [1.165, 1.54) is 11.8 Å². The van der Waals surface area contributed by atoms with E-state index in [1.807, 2.05) is 0 Å². The molecular formula is C25H41N5O11. The molecule has 4 amide bonds. The number of carboxylic acids is 3. The van der Waals surface area contributed by atoms with Gasteiger partial charge in [-0.1, -0.05) is 13.8 Å². The lowest BCUT2D eigenvalue weighted by Crippen LogP contribution is -2.60. The summed E-state index contributed by atoms with van der Waals surface area (Å²) in [6.07, 6.45) is -2.21. The van der Waals surface area contributed by atoms with Crippen molar-refractivity contribution >= 4 is 41.5 Å². The van der Waals surface area contributed by atoms with E-state index in [0.29, 0.717) is 6.42 Å². The highest BCUT2D eigenvalue weighted by atomic mass is 16.4. The van der Waals surface area contributed by atoms with E-state index in [1.54, 1.807) is 13.8 Å². The third-order valence-corrected chi connectivity index (χ3v) is 6.49. The fourth-order valence-electron chi connectivity index (χ4n) is 4.34. The largest absolute Gasteiger partial charge is 0.481 e. The van der Waals surface area contributed by atoms with Crippen LogP contribution < -0.4 is 21.7 Å². The van der Waals surface area contributed by atoms with Crippen molar-refractivity contribution in [1.82, 2.24) is 20.9 Å². The number of aliphatic hydroxyl groups excluding tert-OH is 1. The second-order valence-corrected chi connectivity index (χ2v) is 10.5. The maximum Gasteiger partial charge on any atom is 0.326 e. The minimum atomic E-state index is -1.62. The van der Waals surface area contributed by atoms with E-state index >= 15 is 0 Å². The summed E-state index contributed by atoms with van der Waals surface area (Å²) in [6, 6.07) is -6.62. The number of aliphatic carboxylic acids is 3. The van der Waals surface area contributed by atoms with Gasteiger partial charge in [-0.15, -0.1) is 0 Å². The number of hydrogen-bond donors (Lipinski definition) is 8. The summed E-state index contributed by atoms with van der Waals surface area (Å²) < 4.78 is 0. The van der Waals surface area contributed by atoms with Gasteiger partial charge in [-0.2, -0.15) is 0 Å². The molecule has 1 rings (SSSR count). The zero-order chi connectivity index (χ0) is 31.4. The average molecular weight is 588 g/mol. The Morgan fingerprint density at radius 1 is 0.854 bits per heavy atom. The van der Waals surface area contributed by atoms with Crippen molar-refractivity contribution in [1.29, 1.82) is 0 Å². The minimum absolute atomic E-state index is 0.0730. The van der Waals surface area contributed by atoms with Crippen molar-refractivity contribution in [2.45, 2.75) is 102 Å². The van der Waals surface area contributed by atoms with Crippen LogP contribution in [0.2, 0.25) is 0 Å². The molecule has 1 aliphatic rings. The first-order valence-electron chi connectivity index (χ1n) is 13.4. The van der Waals surface area contributed by atoms with Gasteiger partial charge in [-0.3, -0.25) is 28.8 Å². The Hall–Kier alpha value is -3.79. The van der Waals surface area contributed by atoms with Gasteiger partial charge in [0.15, 0.2) is 0 Å². The number of rotatable bonds is 17. The molecule has 0 aromatic carbocycles. The van der Waals surface area contributed by atoms with Crippen LogP contribution in [0.15, 0.2) is 0 Å². The number of nitrogens with one attached hydrogen (secondary N) is 3. The quantitative estimate of drug-likeness (QED) is 0.0918. The molecule has 0 spiro atoms. The summed E-state index contributed by atoms with van der Waals surface area (Å²) in [7, 11) is 0. The van der Waals surface area contributed by atoms with Crippen LogP contribution >= 0.6 is 0 Å². The molecule has 41 heavy (non-hydrogen) atoms. The summed E-state index contributed by atoms with van der Waals surface area (Å²) in [5.41, 5.74) is 5.81. The smallest absolute Gasteiger partial charge is 0.326 e. The van der Waals surface area contributed by atoms with Crippen LogP contribution in [0.25, 0.3) is 0 Å². The molecule has 0 aliphatic carbocycles. The number of carbonyl (C=O) groups excluding carboxylic acids is 4. The first-order valence-corrected chi connectivity index (χ1v) is 13.4. The normalized spacial score (nSPS) is 18.5. The number of nitrogens with zero attached hydrogens (tertiary/aromatic N) is 1. The van der Waals surface area contributed by atoms with Crippen LogP contribution in [0, 0.1) is 5.92 Å². The summed E-state index contributed by atoms with van der Waals surface area (Å²) in [4.78, 5) is 86.4. The number of likely N-dealkylation sites (tertiary alicyclic amines) is 1. The molecule has 0 saturated carbocycles. The van der Waals surface area contributed by atoms with Crippen molar-refractivity contribution in [3.8, 4) is 0 Å². The van der Waals surface area contributed by atoms with Gasteiger partial charge in [0.25, 0.3) is 0 Å². The van der Waals surface area contributed by atoms with Gasteiger partial charge in [0, 0.05) is 19.4 Å². The molecule has 0 unspecified atom stereocenters. The summed E-state index contributed by atoms with van der Waals surface area (Å²) >= 11 is 0. The van der Waals surface area contributed by atoms with Crippen molar-refractivity contribution in [2.24, 2.45) is 11.7 Å². The molecule has 0 bridgehead atoms. The lowest BCUT2D eigenvalue weighted by Gasteiger charge is -2.29. The van der Waals surface area contributed by atoms with Crippen molar-refractivity contribution in [3.63, 3.8) is 0 Å². The van der Waals surface area contributed by atoms with Gasteiger partial charge in [-0.05, 0) is 44.9 Å². The Kier molecular flexibility index (Phi) is 14.2. The molecule has 232 valence electrons. The summed E-state index contributed by atoms with van der Waals surface area (Å²) in [6.45, 7) is 4.84. The van der Waals surface area contributed by atoms with Gasteiger partial charge in [0.1, 0.15) is 24.2 Å². The molecule has 16 heteroatoms. The number of carbonyl (C=O) groups is 7. The van der Waals surface area contributed by atoms with Gasteiger partial charge in [0.05, 0.1) is 12.1 Å². The molecule has 9 N–H and O–H groups in total. The first kappa shape index (κ1) is 35.2. The van der Waals surface area contributed by atoms with E-state index < -0.39 is 90.7 Å². The lowest BCUT2D eigenvalue weighted by atomic mass is 10.0. The highest BCUT2D eigenvalue weighted by molar-refractivity contribution is 5.96. The Bertz CT molecular complexity index is 987. The second-order valence-electron chi connectivity index (χ2n) is 10.5. The second kappa shape index (κ2) is 16.5. The van der Waals surface area contributed by atoms with Gasteiger partial charge >= 0.3 is 17.9 Å². The van der Waals surface area contributed by atoms with E-state index in [2.05, 4.69) is 16.0 Å². The van der Waals surface area contributed by atoms with Crippen LogP contribution in [0.3, 0.4) is 0 Å². The highest BCUT2D eigenvalue weighted by Gasteiger charge is 2.39. The number of hydrogen-bond acceptors (Lipinski definition) is 9. The predicted molar refractivity (Wildman–Crippen MR) is 141 cm³/mol. The van der Waals surface area contributed by atoms with Gasteiger partial charge in [-0.25, -0.2) is 4.79 Å². The van der Waals surface area contributed by atoms with E-state index in [9.17, 15) is 43.8 Å². The van der Waals surface area contributed by atoms with Crippen molar-refractivity contribution in [2.75, 3.05) is 6.54 Å². The maximum absolute atomic E-state index is 13.1. The summed E-state index contributed by atoms with van der Waals surface area (Å²) in [5, 5.41) is 44.5. The molecule has 1 heterocycles. The molecule has 1 fully saturated rings. The fourth-order valence-corrected chi connectivity index (χ4v) is 4.34. The van der Waals surface area contributed by atoms with Crippen LogP contribution in [0.5, 0.6) is 0 Å². The van der Waals surface area contributed by atoms with E-state index in [0.717, 1.165) is 0 Å². The zero-order valence-electron chi connectivity index (χ0n) is 23.4. The molecular weight excluding hydrogens is 546 g/mol. The van der Waals surface area contributed by atoms with Gasteiger partial charge in [0.2, 0.25) is 23.6 Å². The zero-order valence-corrected chi connectivity index (χ0v) is 23.4. The van der Waals surface area contributed by atoms with Crippen LogP contribution in [0.1, 0.15) is 65.7 Å². The minimum Gasteiger partial charge on any atom is -0.481 e. The number of carboxylic acid groups (broad SMARTS) is 3. The number of nitrogens with two attached hydrogens (primary N) is 1. The predicted octanol–water partition coefficient (Wildman–Crippen LogP) is -2.00. The van der Waals surface area contributed by atoms with Crippen LogP contribution in [-0.2, 0) is 33.6 Å². The molecule has 16 nitrogen and oxygen atoms in total. The number of aliphatic hydroxyl groups is 1. The Balaban J connectivity index is 3.02. The lowest BCUT2D eigenvalue weighted by molar-refractivity contribution is -0.143. The Labute approximate surface area is 237 Å². The monoisotopic (exact) mass is 587 g/mol. The van der Waals surface area contributed by atoms with Crippen LogP contribution in [0.4, 0.5) is 0 Å². The third kappa shape index (κ3) is 11.7. The van der Waals surface area contributed by atoms with E-state index in [-0.39, 0.29) is 38.1 Å². The molecule has 0 aromatic heterocycles. The van der Waals surface area contributed by atoms with Crippen LogP contribution in [-0.4, -0.2) is 110 Å². The molecule has 1 aliphatic heterocycles. The maximum atomic E-state index is 13.1. The number of amides is 4. The molecule has 0 radical (unpaired) electrons. The van der Waals surface area contributed by atoms with Crippen molar-refractivity contribution < 1.29 is 54.0 Å². The van der Waals surface area contributed by atoms with E-state index in [4.69, 9.17) is 15.9 Å². The first-order chi connectivity index (χ1) is 19.0. The average Bonchev–Trinajstić information content (AvgIpc) is 3.36. The molecule has 6 atom stereocenters. The fraction of sp³-hybridized carbons (Fsp3) is 0.720. The Morgan fingerprint density at radius 3 is 1.93 bits per heavy atom. The van der Waals surface area contributed by atoms with Crippen molar-refractivity contribution in [3.05, 3.63) is 0 Å². The Morgan fingerprint density at radius 2 is 1.41 bits per heavy atom. The third-order valence-electron chi connectivity index (χ3n) is 6.49. The topological polar surface area (TPSA) is 266 Å². The summed E-state index contributed by atoms with van der Waals surface area (Å²) in [5.74, 6) is -7.26. The highest BCUT2D eigenvalue weighted by Crippen LogP contribution is 2.19. The molecule has 0 aromatic rings. The van der Waals surface area contributed by atoms with Gasteiger partial charge < -0.3 is 47.0 Å².